The van der Waals surface area contributed by atoms with Crippen molar-refractivity contribution >= 4 is 14.3 Å². The SMILES string of the molecule is COC(=O)CC=CCC1=CC2CC(C3CCCCO3)C(CO[Si](C)(C)C(C)(C)C)C2CC1. The molecule has 3 aliphatic rings. The van der Waals surface area contributed by atoms with E-state index in [9.17, 15) is 4.79 Å². The van der Waals surface area contributed by atoms with Crippen molar-refractivity contribution in [1.82, 2.24) is 0 Å². The van der Waals surface area contributed by atoms with Gasteiger partial charge < -0.3 is 13.9 Å². The van der Waals surface area contributed by atoms with Gasteiger partial charge in [-0.2, -0.15) is 0 Å². The highest BCUT2D eigenvalue weighted by Crippen LogP contribution is 2.51. The molecule has 0 aromatic carbocycles. The lowest BCUT2D eigenvalue weighted by atomic mass is 9.77. The largest absolute Gasteiger partial charge is 0.469 e. The quantitative estimate of drug-likeness (QED) is 0.229. The van der Waals surface area contributed by atoms with E-state index in [1.54, 1.807) is 0 Å². The molecule has 0 aromatic heterocycles. The Bertz CT molecular complexity index is 684. The standard InChI is InChI=1S/C27H46O4Si/c1-27(2,3)32(5,6)31-19-24-22-15-14-20(11-7-8-13-26(28)29-4)17-21(22)18-23(24)25-12-9-10-16-30-25/h7-8,17,21-25H,9-16,18-19H2,1-6H3. The summed E-state index contributed by atoms with van der Waals surface area (Å²) in [6, 6.07) is 0. The molecular formula is C27H46O4Si. The van der Waals surface area contributed by atoms with Gasteiger partial charge in [-0.3, -0.25) is 4.79 Å². The van der Waals surface area contributed by atoms with Crippen LogP contribution in [-0.2, 0) is 18.7 Å². The van der Waals surface area contributed by atoms with Crippen LogP contribution in [0.5, 0.6) is 0 Å². The topological polar surface area (TPSA) is 44.8 Å². The summed E-state index contributed by atoms with van der Waals surface area (Å²) < 4.78 is 17.8. The van der Waals surface area contributed by atoms with Crippen LogP contribution < -0.4 is 0 Å². The number of carbonyl (C=O) groups excluding carboxylic acids is 1. The van der Waals surface area contributed by atoms with E-state index >= 15 is 0 Å². The maximum Gasteiger partial charge on any atom is 0.309 e. The summed E-state index contributed by atoms with van der Waals surface area (Å²) in [6.07, 6.45) is 15.8. The van der Waals surface area contributed by atoms with Crippen LogP contribution in [0.3, 0.4) is 0 Å². The lowest BCUT2D eigenvalue weighted by Crippen LogP contribution is -2.44. The zero-order chi connectivity index (χ0) is 23.4. The summed E-state index contributed by atoms with van der Waals surface area (Å²) in [5.41, 5.74) is 1.53. The van der Waals surface area contributed by atoms with Crippen LogP contribution in [0.1, 0.15) is 72.1 Å². The minimum absolute atomic E-state index is 0.172. The molecule has 0 spiro atoms. The molecule has 4 nitrogen and oxygen atoms in total. The number of rotatable bonds is 8. The van der Waals surface area contributed by atoms with Crippen molar-refractivity contribution in [3.05, 3.63) is 23.8 Å². The zero-order valence-electron chi connectivity index (χ0n) is 21.3. The van der Waals surface area contributed by atoms with Gasteiger partial charge in [0.2, 0.25) is 0 Å². The molecule has 5 atom stereocenters. The maximum atomic E-state index is 11.3. The fourth-order valence-corrected chi connectivity index (χ4v) is 6.67. The summed E-state index contributed by atoms with van der Waals surface area (Å²) in [4.78, 5) is 11.3. The van der Waals surface area contributed by atoms with Crippen LogP contribution in [0, 0.1) is 23.7 Å². The van der Waals surface area contributed by atoms with Crippen LogP contribution in [0.4, 0.5) is 0 Å². The number of methoxy groups -OCH3 is 1. The summed E-state index contributed by atoms with van der Waals surface area (Å²) in [5, 5.41) is 0.248. The van der Waals surface area contributed by atoms with Gasteiger partial charge in [0.15, 0.2) is 8.32 Å². The molecule has 5 unspecified atom stereocenters. The van der Waals surface area contributed by atoms with Gasteiger partial charge in [-0.15, -0.1) is 0 Å². The van der Waals surface area contributed by atoms with Gasteiger partial charge in [0.1, 0.15) is 0 Å². The van der Waals surface area contributed by atoms with E-state index in [-0.39, 0.29) is 11.0 Å². The third kappa shape index (κ3) is 6.36. The second-order valence-corrected chi connectivity index (χ2v) is 16.5. The van der Waals surface area contributed by atoms with E-state index in [4.69, 9.17) is 13.9 Å². The molecule has 3 rings (SSSR count). The lowest BCUT2D eigenvalue weighted by molar-refractivity contribution is -0.139. The predicted octanol–water partition coefficient (Wildman–Crippen LogP) is 6.68. The second-order valence-electron chi connectivity index (χ2n) is 11.7. The van der Waals surface area contributed by atoms with Crippen LogP contribution in [-0.4, -0.2) is 40.7 Å². The summed E-state index contributed by atoms with van der Waals surface area (Å²) in [5.74, 6) is 2.44. The Hall–Kier alpha value is -0.913. The average Bonchev–Trinajstić information content (AvgIpc) is 3.12. The molecule has 1 saturated heterocycles. The Morgan fingerprint density at radius 1 is 1.19 bits per heavy atom. The highest BCUT2D eigenvalue weighted by molar-refractivity contribution is 6.74. The molecule has 1 aliphatic heterocycles. The van der Waals surface area contributed by atoms with Crippen molar-refractivity contribution in [2.45, 2.75) is 96.4 Å². The normalized spacial score (nSPS) is 31.4. The Morgan fingerprint density at radius 3 is 2.62 bits per heavy atom. The highest BCUT2D eigenvalue weighted by atomic mass is 28.4. The van der Waals surface area contributed by atoms with E-state index in [0.717, 1.165) is 25.6 Å². The molecule has 1 heterocycles. The molecule has 0 bridgehead atoms. The Balaban J connectivity index is 1.68. The Kier molecular flexibility index (Phi) is 8.84. The summed E-state index contributed by atoms with van der Waals surface area (Å²) in [7, 11) is -0.317. The molecule has 0 aromatic rings. The minimum atomic E-state index is -1.76. The molecule has 0 amide bonds. The molecular weight excluding hydrogens is 416 g/mol. The molecule has 5 heteroatoms. The zero-order valence-corrected chi connectivity index (χ0v) is 22.3. The van der Waals surface area contributed by atoms with Crippen LogP contribution in [0.25, 0.3) is 0 Å². The number of hydrogen-bond acceptors (Lipinski definition) is 4. The van der Waals surface area contributed by atoms with Gasteiger partial charge >= 0.3 is 5.97 Å². The highest BCUT2D eigenvalue weighted by Gasteiger charge is 2.48. The first kappa shape index (κ1) is 25.7. The molecule has 32 heavy (non-hydrogen) atoms. The molecule has 182 valence electrons. The lowest BCUT2D eigenvalue weighted by Gasteiger charge is -2.40. The smallest absolute Gasteiger partial charge is 0.309 e. The third-order valence-corrected chi connectivity index (χ3v) is 13.1. The number of hydrogen-bond donors (Lipinski definition) is 0. The fourth-order valence-electron chi connectivity index (χ4n) is 5.62. The molecule has 0 N–H and O–H groups in total. The number of esters is 1. The van der Waals surface area contributed by atoms with Crippen molar-refractivity contribution in [1.29, 1.82) is 0 Å². The first-order chi connectivity index (χ1) is 15.1. The third-order valence-electron chi connectivity index (χ3n) is 8.64. The first-order valence-corrected chi connectivity index (χ1v) is 15.7. The fraction of sp³-hybridized carbons (Fsp3) is 0.815. The summed E-state index contributed by atoms with van der Waals surface area (Å²) >= 11 is 0. The molecule has 0 radical (unpaired) electrons. The van der Waals surface area contributed by atoms with Crippen LogP contribution in [0.2, 0.25) is 18.1 Å². The van der Waals surface area contributed by atoms with Crippen LogP contribution in [0.15, 0.2) is 23.8 Å². The van der Waals surface area contributed by atoms with E-state index in [1.807, 2.05) is 6.08 Å². The van der Waals surface area contributed by atoms with Gasteiger partial charge in [0.25, 0.3) is 0 Å². The second kappa shape index (κ2) is 11.0. The van der Waals surface area contributed by atoms with E-state index in [2.05, 4.69) is 46.0 Å². The van der Waals surface area contributed by atoms with Crippen LogP contribution >= 0.6 is 0 Å². The van der Waals surface area contributed by atoms with E-state index in [0.29, 0.717) is 30.3 Å². The van der Waals surface area contributed by atoms with Gasteiger partial charge in [-0.25, -0.2) is 0 Å². The summed E-state index contributed by atoms with van der Waals surface area (Å²) in [6.45, 7) is 13.6. The van der Waals surface area contributed by atoms with Gasteiger partial charge in [-0.05, 0) is 86.7 Å². The first-order valence-electron chi connectivity index (χ1n) is 12.8. The van der Waals surface area contributed by atoms with Crippen molar-refractivity contribution < 1.29 is 18.7 Å². The number of allylic oxidation sites excluding steroid dienone is 3. The van der Waals surface area contributed by atoms with Crippen molar-refractivity contribution in [3.63, 3.8) is 0 Å². The monoisotopic (exact) mass is 462 g/mol. The van der Waals surface area contributed by atoms with E-state index < -0.39 is 8.32 Å². The van der Waals surface area contributed by atoms with Gasteiger partial charge in [0, 0.05) is 13.2 Å². The van der Waals surface area contributed by atoms with Gasteiger partial charge in [-0.1, -0.05) is 44.6 Å². The Morgan fingerprint density at radius 2 is 1.97 bits per heavy atom. The Labute approximate surface area is 197 Å². The van der Waals surface area contributed by atoms with Crippen molar-refractivity contribution in [3.8, 4) is 0 Å². The number of fused-ring (bicyclic) bond motifs is 1. The van der Waals surface area contributed by atoms with Crippen molar-refractivity contribution in [2.24, 2.45) is 23.7 Å². The maximum absolute atomic E-state index is 11.3. The average molecular weight is 463 g/mol. The van der Waals surface area contributed by atoms with Gasteiger partial charge in [0.05, 0.1) is 19.6 Å². The predicted molar refractivity (Wildman–Crippen MR) is 133 cm³/mol. The van der Waals surface area contributed by atoms with Crippen molar-refractivity contribution in [2.75, 3.05) is 20.3 Å². The molecule has 2 aliphatic carbocycles. The number of ether oxygens (including phenoxy) is 2. The molecule has 2 fully saturated rings. The van der Waals surface area contributed by atoms with E-state index in [1.165, 1.54) is 51.2 Å². The number of carbonyl (C=O) groups is 1. The minimum Gasteiger partial charge on any atom is -0.469 e. The molecule has 1 saturated carbocycles.